The van der Waals surface area contributed by atoms with Gasteiger partial charge in [-0.15, -0.1) is 11.3 Å². The second-order valence-electron chi connectivity index (χ2n) is 5.29. The van der Waals surface area contributed by atoms with Crippen molar-refractivity contribution < 1.29 is 0 Å². The molecule has 1 aromatic carbocycles. The molecule has 0 aliphatic rings. The third-order valence-electron chi connectivity index (χ3n) is 3.76. The molecule has 4 nitrogen and oxygen atoms in total. The van der Waals surface area contributed by atoms with Crippen LogP contribution in [0.3, 0.4) is 0 Å². The fourth-order valence-corrected chi connectivity index (χ4v) is 3.31. The number of hydrogen-bond acceptors (Lipinski definition) is 4. The maximum atomic E-state index is 12.0. The Morgan fingerprint density at radius 1 is 1.41 bits per heavy atom. The van der Waals surface area contributed by atoms with Gasteiger partial charge in [-0.25, -0.2) is 4.98 Å². The van der Waals surface area contributed by atoms with Crippen LogP contribution in [0.5, 0.6) is 0 Å². The molecule has 114 valence electrons. The minimum atomic E-state index is -0.0705. The summed E-state index contributed by atoms with van der Waals surface area (Å²) < 4.78 is 0.675. The molecule has 0 aliphatic carbocycles. The Balaban J connectivity index is 1.83. The number of nitrogens with zero attached hydrogens (tertiary/aromatic N) is 2. The summed E-state index contributed by atoms with van der Waals surface area (Å²) in [5.74, 6) is 0.673. The number of rotatable bonds is 4. The van der Waals surface area contributed by atoms with Gasteiger partial charge in [-0.3, -0.25) is 9.69 Å². The van der Waals surface area contributed by atoms with Crippen molar-refractivity contribution in [3.8, 4) is 0 Å². The Kier molecular flexibility index (Phi) is 4.29. The molecule has 3 rings (SSSR count). The van der Waals surface area contributed by atoms with Gasteiger partial charge in [0, 0.05) is 11.1 Å². The number of aromatic amines is 1. The van der Waals surface area contributed by atoms with E-state index in [-0.39, 0.29) is 11.6 Å². The van der Waals surface area contributed by atoms with Gasteiger partial charge in [0.25, 0.3) is 5.56 Å². The van der Waals surface area contributed by atoms with Crippen molar-refractivity contribution in [1.82, 2.24) is 14.9 Å². The predicted octanol–water partition coefficient (Wildman–Crippen LogP) is 3.83. The first-order valence-electron chi connectivity index (χ1n) is 6.96. The van der Waals surface area contributed by atoms with E-state index in [4.69, 9.17) is 11.6 Å². The Morgan fingerprint density at radius 3 is 3.00 bits per heavy atom. The molecule has 0 fully saturated rings. The van der Waals surface area contributed by atoms with Gasteiger partial charge in [0.2, 0.25) is 0 Å². The summed E-state index contributed by atoms with van der Waals surface area (Å²) in [6, 6.07) is 9.86. The summed E-state index contributed by atoms with van der Waals surface area (Å²) in [7, 11) is 2.00. The molecule has 0 amide bonds. The van der Waals surface area contributed by atoms with E-state index in [1.165, 1.54) is 11.3 Å². The van der Waals surface area contributed by atoms with Crippen LogP contribution in [-0.2, 0) is 6.54 Å². The number of halogens is 1. The van der Waals surface area contributed by atoms with Gasteiger partial charge in [0.1, 0.15) is 10.5 Å². The van der Waals surface area contributed by atoms with Gasteiger partial charge in [-0.1, -0.05) is 23.7 Å². The number of fused-ring (bicyclic) bond motifs is 1. The molecular formula is C16H16ClN3OS. The Bertz CT molecular complexity index is 858. The molecule has 0 bridgehead atoms. The van der Waals surface area contributed by atoms with Gasteiger partial charge < -0.3 is 4.98 Å². The highest BCUT2D eigenvalue weighted by molar-refractivity contribution is 7.17. The minimum Gasteiger partial charge on any atom is -0.308 e. The average Bonchev–Trinajstić information content (AvgIpc) is 2.95. The van der Waals surface area contributed by atoms with Crippen LogP contribution in [-0.4, -0.2) is 21.9 Å². The third kappa shape index (κ3) is 3.06. The lowest BCUT2D eigenvalue weighted by molar-refractivity contribution is 0.247. The van der Waals surface area contributed by atoms with Crippen LogP contribution in [0.15, 0.2) is 40.5 Å². The zero-order valence-electron chi connectivity index (χ0n) is 12.3. The Morgan fingerprint density at radius 2 is 2.23 bits per heavy atom. The molecule has 1 N–H and O–H groups in total. The predicted molar refractivity (Wildman–Crippen MR) is 91.6 cm³/mol. The quantitative estimate of drug-likeness (QED) is 0.789. The molecule has 2 aromatic heterocycles. The first kappa shape index (κ1) is 15.2. The maximum Gasteiger partial charge on any atom is 0.268 e. The highest BCUT2D eigenvalue weighted by atomic mass is 35.5. The van der Waals surface area contributed by atoms with Crippen LogP contribution in [0.25, 0.3) is 10.2 Å². The van der Waals surface area contributed by atoms with Crippen molar-refractivity contribution >= 4 is 33.2 Å². The number of aromatic nitrogens is 2. The largest absolute Gasteiger partial charge is 0.308 e. The van der Waals surface area contributed by atoms with Crippen LogP contribution < -0.4 is 5.56 Å². The fraction of sp³-hybridized carbons (Fsp3) is 0.250. The maximum absolute atomic E-state index is 12.0. The number of hydrogen-bond donors (Lipinski definition) is 1. The standard InChI is InChI=1S/C16H16ClN3OS/c1-10(11-4-3-5-12(17)8-11)20(2)9-14-18-13-6-7-22-15(13)16(21)19-14/h3-8,10H,9H2,1-2H3,(H,18,19,21). The molecule has 1 atom stereocenters. The fourth-order valence-electron chi connectivity index (χ4n) is 2.39. The number of H-pyrrole nitrogens is 1. The van der Waals surface area contributed by atoms with Crippen LogP contribution in [0.4, 0.5) is 0 Å². The van der Waals surface area contributed by atoms with Crippen molar-refractivity contribution in [3.05, 3.63) is 62.5 Å². The SMILES string of the molecule is CC(c1cccc(Cl)c1)N(C)Cc1nc2ccsc2c(=O)[nH]1. The molecule has 1 unspecified atom stereocenters. The van der Waals surface area contributed by atoms with Gasteiger partial charge in [-0.05, 0) is 43.1 Å². The molecule has 2 heterocycles. The summed E-state index contributed by atoms with van der Waals surface area (Å²) in [4.78, 5) is 21.5. The third-order valence-corrected chi connectivity index (χ3v) is 4.89. The average molecular weight is 334 g/mol. The van der Waals surface area contributed by atoms with Crippen molar-refractivity contribution in [1.29, 1.82) is 0 Å². The van der Waals surface area contributed by atoms with E-state index in [1.54, 1.807) is 0 Å². The molecule has 0 radical (unpaired) electrons. The summed E-state index contributed by atoms with van der Waals surface area (Å²) in [5, 5.41) is 2.61. The number of nitrogens with one attached hydrogen (secondary N) is 1. The molecule has 6 heteroatoms. The lowest BCUT2D eigenvalue weighted by atomic mass is 10.1. The van der Waals surface area contributed by atoms with Crippen molar-refractivity contribution in [2.24, 2.45) is 0 Å². The second kappa shape index (κ2) is 6.20. The number of benzene rings is 1. The molecule has 0 spiro atoms. The van der Waals surface area contributed by atoms with E-state index < -0.39 is 0 Å². The van der Waals surface area contributed by atoms with E-state index in [9.17, 15) is 4.79 Å². The summed E-state index contributed by atoms with van der Waals surface area (Å²) in [6.45, 7) is 2.67. The van der Waals surface area contributed by atoms with Crippen molar-refractivity contribution in [3.63, 3.8) is 0 Å². The van der Waals surface area contributed by atoms with Gasteiger partial charge >= 0.3 is 0 Å². The lowest BCUT2D eigenvalue weighted by Crippen LogP contribution is -2.24. The molecular weight excluding hydrogens is 318 g/mol. The van der Waals surface area contributed by atoms with Gasteiger partial charge in [0.05, 0.1) is 12.1 Å². The zero-order valence-corrected chi connectivity index (χ0v) is 13.9. The molecule has 3 aromatic rings. The second-order valence-corrected chi connectivity index (χ2v) is 6.65. The summed E-state index contributed by atoms with van der Waals surface area (Å²) in [6.07, 6.45) is 0. The van der Waals surface area contributed by atoms with Crippen LogP contribution >= 0.6 is 22.9 Å². The van der Waals surface area contributed by atoms with Crippen LogP contribution in [0.2, 0.25) is 5.02 Å². The summed E-state index contributed by atoms with van der Waals surface area (Å²) in [5.41, 5.74) is 1.82. The first-order chi connectivity index (χ1) is 10.5. The molecule has 0 saturated heterocycles. The van der Waals surface area contributed by atoms with E-state index in [1.807, 2.05) is 42.8 Å². The van der Waals surface area contributed by atoms with Crippen LogP contribution in [0.1, 0.15) is 24.4 Å². The molecule has 0 aliphatic heterocycles. The van der Waals surface area contributed by atoms with E-state index in [0.717, 1.165) is 16.1 Å². The monoisotopic (exact) mass is 333 g/mol. The Hall–Kier alpha value is -1.69. The highest BCUT2D eigenvalue weighted by Crippen LogP contribution is 2.23. The highest BCUT2D eigenvalue weighted by Gasteiger charge is 2.14. The van der Waals surface area contributed by atoms with E-state index in [0.29, 0.717) is 17.1 Å². The Labute approximate surface area is 137 Å². The smallest absolute Gasteiger partial charge is 0.268 e. The topological polar surface area (TPSA) is 49.0 Å². The van der Waals surface area contributed by atoms with Gasteiger partial charge in [-0.2, -0.15) is 0 Å². The van der Waals surface area contributed by atoms with Crippen LogP contribution in [0, 0.1) is 0 Å². The molecule has 22 heavy (non-hydrogen) atoms. The first-order valence-corrected chi connectivity index (χ1v) is 8.22. The van der Waals surface area contributed by atoms with Crippen molar-refractivity contribution in [2.75, 3.05) is 7.05 Å². The summed E-state index contributed by atoms with van der Waals surface area (Å²) >= 11 is 7.46. The van der Waals surface area contributed by atoms with E-state index >= 15 is 0 Å². The normalized spacial score (nSPS) is 12.9. The minimum absolute atomic E-state index is 0.0705. The lowest BCUT2D eigenvalue weighted by Gasteiger charge is -2.24. The number of thiophene rings is 1. The van der Waals surface area contributed by atoms with E-state index in [2.05, 4.69) is 21.8 Å². The van der Waals surface area contributed by atoms with Crippen molar-refractivity contribution in [2.45, 2.75) is 19.5 Å². The van der Waals surface area contributed by atoms with Gasteiger partial charge in [0.15, 0.2) is 0 Å². The zero-order chi connectivity index (χ0) is 15.7. The molecule has 0 saturated carbocycles.